The molecule has 0 aromatic rings. The molecule has 2 rings (SSSR count). The summed E-state index contributed by atoms with van der Waals surface area (Å²) in [4.78, 5) is 11.4. The van der Waals surface area contributed by atoms with Crippen molar-refractivity contribution in [1.82, 2.24) is 10.0 Å². The van der Waals surface area contributed by atoms with Gasteiger partial charge in [0.1, 0.15) is 0 Å². The number of carbonyl (C=O) groups excluding carboxylic acids is 1. The minimum atomic E-state index is -0.428. The first kappa shape index (κ1) is 8.97. The molecule has 0 radical (unpaired) electrons. The van der Waals surface area contributed by atoms with Crippen molar-refractivity contribution < 1.29 is 9.90 Å². The highest BCUT2D eigenvalue weighted by Gasteiger charge is 2.39. The van der Waals surface area contributed by atoms with Crippen molar-refractivity contribution in [3.63, 3.8) is 0 Å². The number of β-amino-alcohol motifs (C(OH)–C–C–N with tert-alkyl or cyclic N) is 1. The molecular weight excluding hydrogens is 168 g/mol. The van der Waals surface area contributed by atoms with Crippen molar-refractivity contribution in [2.75, 3.05) is 13.1 Å². The lowest BCUT2D eigenvalue weighted by molar-refractivity contribution is -0.141. The molecule has 1 unspecified atom stereocenters. The highest BCUT2D eigenvalue weighted by Crippen LogP contribution is 2.31. The first-order valence-electron chi connectivity index (χ1n) is 4.93. The Labute approximate surface area is 78.1 Å². The predicted molar refractivity (Wildman–Crippen MR) is 47.7 cm³/mol. The smallest absolute Gasteiger partial charge is 0.238 e. The van der Waals surface area contributed by atoms with Gasteiger partial charge in [-0.3, -0.25) is 9.80 Å². The molecule has 74 valence electrons. The van der Waals surface area contributed by atoms with Crippen molar-refractivity contribution >= 4 is 5.91 Å². The van der Waals surface area contributed by atoms with Gasteiger partial charge >= 0.3 is 0 Å². The molecule has 2 aliphatic rings. The third-order valence-electron chi connectivity index (χ3n) is 2.56. The van der Waals surface area contributed by atoms with E-state index in [0.717, 1.165) is 6.54 Å². The lowest BCUT2D eigenvalue weighted by Gasteiger charge is -2.28. The molecule has 0 aromatic heterocycles. The van der Waals surface area contributed by atoms with E-state index in [-0.39, 0.29) is 5.91 Å². The molecule has 2 fully saturated rings. The van der Waals surface area contributed by atoms with Crippen LogP contribution in [0.15, 0.2) is 0 Å². The number of hydrogen-bond acceptors (Lipinski definition) is 3. The molecule has 0 aromatic carbocycles. The van der Waals surface area contributed by atoms with Crippen LogP contribution in [0.25, 0.3) is 0 Å². The van der Waals surface area contributed by atoms with Crippen LogP contribution in [0, 0.1) is 0 Å². The number of nitrogens with zero attached hydrogens (tertiary/aromatic N) is 2. The highest BCUT2D eigenvalue weighted by atomic mass is 16.3. The van der Waals surface area contributed by atoms with Gasteiger partial charge in [-0.05, 0) is 19.8 Å². The first-order valence-corrected chi connectivity index (χ1v) is 4.93. The van der Waals surface area contributed by atoms with Crippen molar-refractivity contribution in [1.29, 1.82) is 0 Å². The largest absolute Gasteiger partial charge is 0.392 e. The Balaban J connectivity index is 1.98. The van der Waals surface area contributed by atoms with E-state index in [1.807, 2.05) is 0 Å². The maximum Gasteiger partial charge on any atom is 0.238 e. The van der Waals surface area contributed by atoms with Crippen molar-refractivity contribution in [3.05, 3.63) is 0 Å². The number of hydrogen-bond donors (Lipinski definition) is 1. The molecule has 0 bridgehead atoms. The van der Waals surface area contributed by atoms with E-state index >= 15 is 0 Å². The van der Waals surface area contributed by atoms with Gasteiger partial charge in [-0.1, -0.05) is 0 Å². The Morgan fingerprint density at radius 1 is 1.62 bits per heavy atom. The number of aliphatic hydroxyl groups excluding tert-OH is 1. The van der Waals surface area contributed by atoms with Crippen LogP contribution in [0.5, 0.6) is 0 Å². The second-order valence-electron chi connectivity index (χ2n) is 3.97. The molecule has 1 saturated carbocycles. The van der Waals surface area contributed by atoms with E-state index in [4.69, 9.17) is 0 Å². The molecule has 1 aliphatic carbocycles. The lowest BCUT2D eigenvalue weighted by atomic mass is 10.4. The minimum Gasteiger partial charge on any atom is -0.392 e. The summed E-state index contributed by atoms with van der Waals surface area (Å²) in [5.74, 6) is 0.160. The number of rotatable bonds is 3. The topological polar surface area (TPSA) is 43.8 Å². The van der Waals surface area contributed by atoms with Crippen LogP contribution in [-0.4, -0.2) is 46.3 Å². The zero-order valence-corrected chi connectivity index (χ0v) is 7.94. The predicted octanol–water partition coefficient (Wildman–Crippen LogP) is -0.0211. The summed E-state index contributed by atoms with van der Waals surface area (Å²) in [5, 5.41) is 13.1. The molecular formula is C9H16N2O2. The fraction of sp³-hybridized carbons (Fsp3) is 0.889. The molecule has 13 heavy (non-hydrogen) atoms. The number of amides is 1. The van der Waals surface area contributed by atoms with Crippen LogP contribution in [0.4, 0.5) is 0 Å². The average Bonchev–Trinajstić information content (AvgIpc) is 2.81. The average molecular weight is 184 g/mol. The number of hydrazine groups is 1. The van der Waals surface area contributed by atoms with E-state index < -0.39 is 6.10 Å². The van der Waals surface area contributed by atoms with Gasteiger partial charge in [0.2, 0.25) is 5.91 Å². The maximum atomic E-state index is 11.4. The quantitative estimate of drug-likeness (QED) is 0.670. The van der Waals surface area contributed by atoms with Crippen molar-refractivity contribution in [3.8, 4) is 0 Å². The Morgan fingerprint density at radius 2 is 2.31 bits per heavy atom. The van der Waals surface area contributed by atoms with E-state index in [1.54, 1.807) is 11.9 Å². The second kappa shape index (κ2) is 3.27. The van der Waals surface area contributed by atoms with Crippen LogP contribution in [0.3, 0.4) is 0 Å². The summed E-state index contributed by atoms with van der Waals surface area (Å²) in [6.45, 7) is 3.02. The standard InChI is InChI=1S/C9H16N2O2/c1-7(12)6-11-9(13)4-5-10(11)8-2-3-8/h7-8,12H,2-6H2,1H3. The summed E-state index contributed by atoms with van der Waals surface area (Å²) in [7, 11) is 0. The Kier molecular flexibility index (Phi) is 2.26. The van der Waals surface area contributed by atoms with Gasteiger partial charge in [-0.25, -0.2) is 5.01 Å². The molecule has 1 atom stereocenters. The summed E-state index contributed by atoms with van der Waals surface area (Å²) >= 11 is 0. The van der Waals surface area contributed by atoms with Gasteiger partial charge in [0, 0.05) is 19.0 Å². The monoisotopic (exact) mass is 184 g/mol. The molecule has 1 N–H and O–H groups in total. The Hall–Kier alpha value is -0.610. The van der Waals surface area contributed by atoms with E-state index in [0.29, 0.717) is 19.0 Å². The van der Waals surface area contributed by atoms with Crippen molar-refractivity contribution in [2.45, 2.75) is 38.3 Å². The maximum absolute atomic E-state index is 11.4. The van der Waals surface area contributed by atoms with Gasteiger partial charge in [0.25, 0.3) is 0 Å². The fourth-order valence-electron chi connectivity index (χ4n) is 1.81. The number of aliphatic hydroxyl groups is 1. The van der Waals surface area contributed by atoms with Gasteiger partial charge in [0.05, 0.1) is 12.6 Å². The van der Waals surface area contributed by atoms with Gasteiger partial charge in [0.15, 0.2) is 0 Å². The third kappa shape index (κ3) is 1.84. The molecule has 1 heterocycles. The van der Waals surface area contributed by atoms with Crippen LogP contribution in [-0.2, 0) is 4.79 Å². The Morgan fingerprint density at radius 3 is 2.85 bits per heavy atom. The Bertz CT molecular complexity index is 214. The molecule has 4 heteroatoms. The first-order chi connectivity index (χ1) is 6.18. The SMILES string of the molecule is CC(O)CN1C(=O)CCN1C1CC1. The molecule has 1 saturated heterocycles. The molecule has 0 spiro atoms. The van der Waals surface area contributed by atoms with Crippen LogP contribution >= 0.6 is 0 Å². The number of carbonyl (C=O) groups is 1. The molecule has 1 amide bonds. The van der Waals surface area contributed by atoms with Gasteiger partial charge < -0.3 is 5.11 Å². The minimum absolute atomic E-state index is 0.160. The highest BCUT2D eigenvalue weighted by molar-refractivity contribution is 5.77. The van der Waals surface area contributed by atoms with E-state index in [1.165, 1.54) is 12.8 Å². The zero-order chi connectivity index (χ0) is 9.42. The van der Waals surface area contributed by atoms with Crippen molar-refractivity contribution in [2.24, 2.45) is 0 Å². The summed E-state index contributed by atoms with van der Waals surface area (Å²) in [6.07, 6.45) is 2.58. The molecule has 4 nitrogen and oxygen atoms in total. The second-order valence-corrected chi connectivity index (χ2v) is 3.97. The fourth-order valence-corrected chi connectivity index (χ4v) is 1.81. The van der Waals surface area contributed by atoms with Gasteiger partial charge in [-0.15, -0.1) is 0 Å². The van der Waals surface area contributed by atoms with Crippen LogP contribution in [0.2, 0.25) is 0 Å². The van der Waals surface area contributed by atoms with Crippen LogP contribution in [0.1, 0.15) is 26.2 Å². The lowest BCUT2D eigenvalue weighted by Crippen LogP contribution is -2.44. The third-order valence-corrected chi connectivity index (χ3v) is 2.56. The normalized spacial score (nSPS) is 26.9. The van der Waals surface area contributed by atoms with Gasteiger partial charge in [-0.2, -0.15) is 0 Å². The summed E-state index contributed by atoms with van der Waals surface area (Å²) in [6, 6.07) is 0.574. The molecule has 1 aliphatic heterocycles. The zero-order valence-electron chi connectivity index (χ0n) is 7.94. The van der Waals surface area contributed by atoms with Crippen LogP contribution < -0.4 is 0 Å². The summed E-state index contributed by atoms with van der Waals surface area (Å²) < 4.78 is 0. The van der Waals surface area contributed by atoms with E-state index in [2.05, 4.69) is 5.01 Å². The van der Waals surface area contributed by atoms with E-state index in [9.17, 15) is 9.90 Å². The summed E-state index contributed by atoms with van der Waals surface area (Å²) in [5.41, 5.74) is 0.